The van der Waals surface area contributed by atoms with E-state index in [1.54, 1.807) is 11.8 Å². The maximum absolute atomic E-state index is 13.4. The van der Waals surface area contributed by atoms with Crippen molar-refractivity contribution in [1.29, 1.82) is 0 Å². The Hall–Kier alpha value is -3.33. The summed E-state index contributed by atoms with van der Waals surface area (Å²) in [5, 5.41) is 10.5. The van der Waals surface area contributed by atoms with E-state index in [0.29, 0.717) is 41.0 Å². The quantitative estimate of drug-likeness (QED) is 0.540. The van der Waals surface area contributed by atoms with Crippen LogP contribution in [0.2, 0.25) is 0 Å². The number of carbonyl (C=O) groups is 1. The zero-order valence-corrected chi connectivity index (χ0v) is 18.9. The van der Waals surface area contributed by atoms with E-state index in [0.717, 1.165) is 10.0 Å². The van der Waals surface area contributed by atoms with E-state index in [4.69, 9.17) is 9.47 Å². The van der Waals surface area contributed by atoms with Gasteiger partial charge in [-0.3, -0.25) is 4.79 Å². The molecule has 0 unspecified atom stereocenters. The minimum absolute atomic E-state index is 0.230. The summed E-state index contributed by atoms with van der Waals surface area (Å²) in [7, 11) is 1.58. The number of nitrogens with one attached hydrogen (secondary N) is 2. The van der Waals surface area contributed by atoms with Gasteiger partial charge in [0, 0.05) is 11.4 Å². The Labute approximate surface area is 188 Å². The number of hydrogen-bond acceptors (Lipinski definition) is 6. The third kappa shape index (κ3) is 4.00. The molecule has 8 nitrogen and oxygen atoms in total. The first kappa shape index (κ1) is 20.9. The van der Waals surface area contributed by atoms with Crippen molar-refractivity contribution in [2.45, 2.75) is 19.9 Å². The number of carbonyl (C=O) groups excluding carboxylic acids is 1. The molecule has 2 heterocycles. The number of ether oxygens (including phenoxy) is 2. The minimum Gasteiger partial charge on any atom is -0.493 e. The number of halogens is 1. The molecule has 31 heavy (non-hydrogen) atoms. The molecule has 1 aromatic heterocycles. The Balaban J connectivity index is 1.81. The number of nitrogens with zero attached hydrogens (tertiary/aromatic N) is 3. The number of allylic oxidation sites excluding steroid dienone is 1. The van der Waals surface area contributed by atoms with Gasteiger partial charge in [-0.1, -0.05) is 18.2 Å². The van der Waals surface area contributed by atoms with Crippen LogP contribution in [0.3, 0.4) is 0 Å². The third-order valence-electron chi connectivity index (χ3n) is 4.93. The van der Waals surface area contributed by atoms with E-state index >= 15 is 0 Å². The Morgan fingerprint density at radius 3 is 2.77 bits per heavy atom. The van der Waals surface area contributed by atoms with Gasteiger partial charge in [-0.15, -0.1) is 0 Å². The number of rotatable bonds is 6. The number of aromatic nitrogens is 3. The van der Waals surface area contributed by atoms with Gasteiger partial charge in [-0.25, -0.2) is 4.68 Å². The average Bonchev–Trinajstić information content (AvgIpc) is 3.22. The summed E-state index contributed by atoms with van der Waals surface area (Å²) in [6.45, 7) is 4.26. The number of benzene rings is 2. The van der Waals surface area contributed by atoms with E-state index in [-0.39, 0.29) is 5.91 Å². The first-order valence-corrected chi connectivity index (χ1v) is 10.6. The van der Waals surface area contributed by atoms with Crippen LogP contribution in [0, 0.1) is 0 Å². The molecule has 2 aromatic carbocycles. The summed E-state index contributed by atoms with van der Waals surface area (Å²) in [4.78, 5) is 17.6. The molecular formula is C22H22BrN5O3. The second-order valence-corrected chi connectivity index (χ2v) is 7.74. The molecule has 1 aliphatic heterocycles. The zero-order valence-electron chi connectivity index (χ0n) is 17.3. The fraction of sp³-hybridized carbons (Fsp3) is 0.227. The summed E-state index contributed by atoms with van der Waals surface area (Å²) in [6, 6.07) is 12.6. The lowest BCUT2D eigenvalue weighted by Gasteiger charge is -2.29. The van der Waals surface area contributed by atoms with Crippen molar-refractivity contribution in [2.75, 3.05) is 24.4 Å². The number of fused-ring (bicyclic) bond motifs is 1. The van der Waals surface area contributed by atoms with Crippen molar-refractivity contribution in [2.24, 2.45) is 0 Å². The molecule has 1 amide bonds. The first-order valence-electron chi connectivity index (χ1n) is 9.77. The van der Waals surface area contributed by atoms with Gasteiger partial charge >= 0.3 is 0 Å². The summed E-state index contributed by atoms with van der Waals surface area (Å²) in [6.07, 6.45) is 1.46. The summed E-state index contributed by atoms with van der Waals surface area (Å²) in [5.41, 5.74) is 2.74. The molecule has 0 saturated carbocycles. The van der Waals surface area contributed by atoms with Crippen molar-refractivity contribution >= 4 is 33.5 Å². The van der Waals surface area contributed by atoms with Crippen LogP contribution in [0.15, 0.2) is 64.5 Å². The molecule has 0 bridgehead atoms. The molecule has 0 aliphatic carbocycles. The normalized spacial score (nSPS) is 15.2. The molecule has 2 N–H and O–H groups in total. The van der Waals surface area contributed by atoms with Crippen LogP contribution in [-0.2, 0) is 4.79 Å². The molecule has 3 aromatic rings. The predicted octanol–water partition coefficient (Wildman–Crippen LogP) is 4.38. The van der Waals surface area contributed by atoms with E-state index in [9.17, 15) is 4.79 Å². The second kappa shape index (κ2) is 8.81. The molecule has 0 spiro atoms. The lowest BCUT2D eigenvalue weighted by Crippen LogP contribution is -2.31. The number of methoxy groups -OCH3 is 1. The number of amides is 1. The smallest absolute Gasteiger partial charge is 0.255 e. The van der Waals surface area contributed by atoms with Crippen molar-refractivity contribution in [3.8, 4) is 11.5 Å². The van der Waals surface area contributed by atoms with Gasteiger partial charge < -0.3 is 20.1 Å². The highest BCUT2D eigenvalue weighted by atomic mass is 79.9. The van der Waals surface area contributed by atoms with Crippen LogP contribution in [0.4, 0.5) is 11.6 Å². The zero-order chi connectivity index (χ0) is 22.0. The van der Waals surface area contributed by atoms with Crippen LogP contribution in [0.25, 0.3) is 0 Å². The molecule has 4 rings (SSSR count). The maximum Gasteiger partial charge on any atom is 0.255 e. The molecule has 0 radical (unpaired) electrons. The molecular weight excluding hydrogens is 462 g/mol. The SMILES string of the molecule is CCOc1c(Br)cc([C@@H]2C(C(=O)Nc3ccccc3)=C(C)Nc3ncnn32)cc1OC. The van der Waals surface area contributed by atoms with Gasteiger partial charge in [0.05, 0.1) is 23.8 Å². The molecule has 9 heteroatoms. The topological polar surface area (TPSA) is 90.3 Å². The van der Waals surface area contributed by atoms with Crippen molar-refractivity contribution in [1.82, 2.24) is 14.8 Å². The first-order chi connectivity index (χ1) is 15.0. The third-order valence-corrected chi connectivity index (χ3v) is 5.52. The fourth-order valence-corrected chi connectivity index (χ4v) is 4.17. The van der Waals surface area contributed by atoms with Crippen LogP contribution >= 0.6 is 15.9 Å². The predicted molar refractivity (Wildman–Crippen MR) is 121 cm³/mol. The number of para-hydroxylation sites is 1. The molecule has 1 aliphatic rings. The van der Waals surface area contributed by atoms with Crippen LogP contribution in [0.5, 0.6) is 11.5 Å². The molecule has 0 fully saturated rings. The van der Waals surface area contributed by atoms with E-state index < -0.39 is 6.04 Å². The number of hydrogen-bond donors (Lipinski definition) is 2. The van der Waals surface area contributed by atoms with Crippen LogP contribution in [-0.4, -0.2) is 34.4 Å². The minimum atomic E-state index is -0.511. The van der Waals surface area contributed by atoms with Gasteiger partial charge in [0.2, 0.25) is 5.95 Å². The van der Waals surface area contributed by atoms with Gasteiger partial charge in [0.1, 0.15) is 12.4 Å². The van der Waals surface area contributed by atoms with Crippen molar-refractivity contribution in [3.05, 3.63) is 70.1 Å². The van der Waals surface area contributed by atoms with Gasteiger partial charge in [0.15, 0.2) is 11.5 Å². The fourth-order valence-electron chi connectivity index (χ4n) is 3.60. The lowest BCUT2D eigenvalue weighted by atomic mass is 9.94. The average molecular weight is 484 g/mol. The highest BCUT2D eigenvalue weighted by Gasteiger charge is 2.34. The Morgan fingerprint density at radius 2 is 2.06 bits per heavy atom. The highest BCUT2D eigenvalue weighted by Crippen LogP contribution is 2.42. The van der Waals surface area contributed by atoms with Gasteiger partial charge in [0.25, 0.3) is 5.91 Å². The highest BCUT2D eigenvalue weighted by molar-refractivity contribution is 9.10. The Bertz CT molecular complexity index is 1140. The largest absolute Gasteiger partial charge is 0.493 e. The standard InChI is InChI=1S/C22H22BrN5O3/c1-4-31-20-16(23)10-14(11-17(20)30-3)19-18(13(2)26-22-24-12-25-28(19)22)21(29)27-15-8-6-5-7-9-15/h5-12,19H,4H2,1-3H3,(H,27,29)(H,24,25,26)/t19-/m1/s1. The summed E-state index contributed by atoms with van der Waals surface area (Å²) in [5.74, 6) is 1.50. The molecule has 1 atom stereocenters. The number of anilines is 2. The van der Waals surface area contributed by atoms with E-state index in [1.807, 2.05) is 56.3 Å². The molecule has 160 valence electrons. The van der Waals surface area contributed by atoms with E-state index in [2.05, 4.69) is 36.6 Å². The van der Waals surface area contributed by atoms with Crippen molar-refractivity contribution in [3.63, 3.8) is 0 Å². The molecule has 0 saturated heterocycles. The monoisotopic (exact) mass is 483 g/mol. The summed E-state index contributed by atoms with van der Waals surface area (Å²) < 4.78 is 13.7. The van der Waals surface area contributed by atoms with Crippen LogP contribution < -0.4 is 20.1 Å². The van der Waals surface area contributed by atoms with E-state index in [1.165, 1.54) is 6.33 Å². The van der Waals surface area contributed by atoms with Gasteiger partial charge in [-0.2, -0.15) is 10.1 Å². The maximum atomic E-state index is 13.4. The Morgan fingerprint density at radius 1 is 1.29 bits per heavy atom. The van der Waals surface area contributed by atoms with Gasteiger partial charge in [-0.05, 0) is 59.6 Å². The summed E-state index contributed by atoms with van der Waals surface area (Å²) >= 11 is 3.58. The van der Waals surface area contributed by atoms with Crippen LogP contribution in [0.1, 0.15) is 25.5 Å². The Kier molecular flexibility index (Phi) is 5.94. The van der Waals surface area contributed by atoms with Crippen molar-refractivity contribution < 1.29 is 14.3 Å². The second-order valence-electron chi connectivity index (χ2n) is 6.88. The lowest BCUT2D eigenvalue weighted by molar-refractivity contribution is -0.113.